The Morgan fingerprint density at radius 3 is 2.30 bits per heavy atom. The maximum absolute atomic E-state index is 6.11. The van der Waals surface area contributed by atoms with E-state index in [0.717, 1.165) is 32.2 Å². The summed E-state index contributed by atoms with van der Waals surface area (Å²) in [5.41, 5.74) is 2.26. The van der Waals surface area contributed by atoms with Crippen molar-refractivity contribution in [1.82, 2.24) is 4.98 Å². The van der Waals surface area contributed by atoms with E-state index in [1.807, 2.05) is 42.5 Å². The monoisotopic (exact) mass is 382 g/mol. The van der Waals surface area contributed by atoms with Gasteiger partial charge in [0.2, 0.25) is 0 Å². The second kappa shape index (κ2) is 6.51. The summed E-state index contributed by atoms with van der Waals surface area (Å²) in [5, 5.41) is 4.21. The molecule has 0 saturated carbocycles. The molecule has 1 aromatic heterocycles. The van der Waals surface area contributed by atoms with Gasteiger partial charge in [-0.05, 0) is 63.5 Å². The van der Waals surface area contributed by atoms with Crippen LogP contribution in [0.5, 0.6) is 5.75 Å². The van der Waals surface area contributed by atoms with Crippen LogP contribution in [0.1, 0.15) is 27.7 Å². The van der Waals surface area contributed by atoms with Gasteiger partial charge in [0.1, 0.15) is 5.75 Å². The molecule has 0 spiro atoms. The van der Waals surface area contributed by atoms with Crippen LogP contribution >= 0.6 is 11.3 Å². The van der Waals surface area contributed by atoms with Gasteiger partial charge < -0.3 is 19.4 Å². The SMILES string of the molecule is COc1ccc2nc(Nc3ccc(B4OC(C)(C)C(C)(C)O4)cc3)sc2c1. The van der Waals surface area contributed by atoms with Crippen LogP contribution in [0.4, 0.5) is 10.8 Å². The van der Waals surface area contributed by atoms with Gasteiger partial charge in [-0.3, -0.25) is 0 Å². The third-order valence-corrected chi connectivity index (χ3v) is 6.22. The summed E-state index contributed by atoms with van der Waals surface area (Å²) in [5.74, 6) is 0.837. The second-order valence-electron chi connectivity index (χ2n) is 7.69. The smallest absolute Gasteiger partial charge is 0.494 e. The van der Waals surface area contributed by atoms with E-state index in [1.165, 1.54) is 0 Å². The fourth-order valence-electron chi connectivity index (χ4n) is 2.91. The van der Waals surface area contributed by atoms with Crippen molar-refractivity contribution in [2.45, 2.75) is 38.9 Å². The zero-order chi connectivity index (χ0) is 19.2. The predicted octanol–water partition coefficient (Wildman–Crippen LogP) is 4.35. The fourth-order valence-corrected chi connectivity index (χ4v) is 3.83. The lowest BCUT2D eigenvalue weighted by atomic mass is 9.79. The molecular formula is C20H23BN2O3S. The van der Waals surface area contributed by atoms with Gasteiger partial charge in [-0.2, -0.15) is 0 Å². The molecule has 1 fully saturated rings. The van der Waals surface area contributed by atoms with E-state index in [1.54, 1.807) is 18.4 Å². The first-order valence-electron chi connectivity index (χ1n) is 8.95. The minimum absolute atomic E-state index is 0.337. The average molecular weight is 382 g/mol. The number of thiazole rings is 1. The van der Waals surface area contributed by atoms with Crippen molar-refractivity contribution >= 4 is 45.0 Å². The molecule has 0 unspecified atom stereocenters. The Kier molecular flexibility index (Phi) is 4.41. The lowest BCUT2D eigenvalue weighted by Crippen LogP contribution is -2.41. The lowest BCUT2D eigenvalue weighted by Gasteiger charge is -2.32. The van der Waals surface area contributed by atoms with Crippen molar-refractivity contribution in [1.29, 1.82) is 0 Å². The molecule has 2 aromatic carbocycles. The van der Waals surface area contributed by atoms with Crippen LogP contribution in [0.15, 0.2) is 42.5 Å². The first-order chi connectivity index (χ1) is 12.8. The Hall–Kier alpha value is -2.09. The molecular weight excluding hydrogens is 359 g/mol. The number of nitrogens with one attached hydrogen (secondary N) is 1. The van der Waals surface area contributed by atoms with Gasteiger partial charge in [-0.15, -0.1) is 0 Å². The van der Waals surface area contributed by atoms with E-state index >= 15 is 0 Å². The molecule has 0 amide bonds. The highest BCUT2D eigenvalue weighted by Crippen LogP contribution is 2.36. The number of anilines is 2. The van der Waals surface area contributed by atoms with E-state index in [4.69, 9.17) is 14.0 Å². The van der Waals surface area contributed by atoms with Gasteiger partial charge in [0.25, 0.3) is 0 Å². The normalized spacial score (nSPS) is 18.0. The molecule has 4 rings (SSSR count). The molecule has 0 atom stereocenters. The number of ether oxygens (including phenoxy) is 1. The standard InChI is InChI=1S/C20H23BN2O3S/c1-19(2)20(3,4)26-21(25-19)13-6-8-14(9-7-13)22-18-23-16-11-10-15(24-5)12-17(16)27-18/h6-12H,1-5H3,(H,22,23). The maximum Gasteiger partial charge on any atom is 0.494 e. The summed E-state index contributed by atoms with van der Waals surface area (Å²) in [7, 11) is 1.32. The number of benzene rings is 2. The highest BCUT2D eigenvalue weighted by Gasteiger charge is 2.51. The molecule has 1 aliphatic rings. The summed E-state index contributed by atoms with van der Waals surface area (Å²) >= 11 is 1.60. The number of hydrogen-bond acceptors (Lipinski definition) is 6. The molecule has 1 N–H and O–H groups in total. The Morgan fingerprint density at radius 2 is 1.67 bits per heavy atom. The number of methoxy groups -OCH3 is 1. The van der Waals surface area contributed by atoms with Crippen LogP contribution in [-0.2, 0) is 9.31 Å². The van der Waals surface area contributed by atoms with Crippen molar-refractivity contribution in [3.63, 3.8) is 0 Å². The Labute approximate surface area is 163 Å². The number of aromatic nitrogens is 1. The van der Waals surface area contributed by atoms with Crippen molar-refractivity contribution < 1.29 is 14.0 Å². The predicted molar refractivity (Wildman–Crippen MR) is 112 cm³/mol. The highest BCUT2D eigenvalue weighted by atomic mass is 32.1. The number of hydrogen-bond donors (Lipinski definition) is 1. The van der Waals surface area contributed by atoms with E-state index < -0.39 is 0 Å². The van der Waals surface area contributed by atoms with Gasteiger partial charge in [-0.1, -0.05) is 23.5 Å². The largest absolute Gasteiger partial charge is 0.497 e. The third kappa shape index (κ3) is 3.42. The van der Waals surface area contributed by atoms with Crippen LogP contribution in [0.25, 0.3) is 10.2 Å². The van der Waals surface area contributed by atoms with E-state index in [0.29, 0.717) is 0 Å². The summed E-state index contributed by atoms with van der Waals surface area (Å²) in [6.07, 6.45) is 0. The van der Waals surface area contributed by atoms with Gasteiger partial charge in [0.05, 0.1) is 28.5 Å². The highest BCUT2D eigenvalue weighted by molar-refractivity contribution is 7.22. The maximum atomic E-state index is 6.11. The number of fused-ring (bicyclic) bond motifs is 1. The molecule has 140 valence electrons. The van der Waals surface area contributed by atoms with Gasteiger partial charge in [-0.25, -0.2) is 4.98 Å². The molecule has 0 bridgehead atoms. The average Bonchev–Trinajstić information content (AvgIpc) is 3.11. The Bertz CT molecular complexity index is 953. The molecule has 3 aromatic rings. The van der Waals surface area contributed by atoms with E-state index in [-0.39, 0.29) is 18.3 Å². The zero-order valence-corrected chi connectivity index (χ0v) is 17.0. The lowest BCUT2D eigenvalue weighted by molar-refractivity contribution is 0.00578. The minimum Gasteiger partial charge on any atom is -0.497 e. The van der Waals surface area contributed by atoms with Crippen LogP contribution in [0, 0.1) is 0 Å². The molecule has 0 aliphatic carbocycles. The minimum atomic E-state index is -0.348. The van der Waals surface area contributed by atoms with Crippen molar-refractivity contribution in [3.8, 4) is 5.75 Å². The summed E-state index contributed by atoms with van der Waals surface area (Å²) in [6, 6.07) is 14.0. The molecule has 7 heteroatoms. The van der Waals surface area contributed by atoms with Crippen molar-refractivity contribution in [3.05, 3.63) is 42.5 Å². The van der Waals surface area contributed by atoms with Crippen molar-refractivity contribution in [2.75, 3.05) is 12.4 Å². The van der Waals surface area contributed by atoms with Gasteiger partial charge in [0.15, 0.2) is 5.13 Å². The second-order valence-corrected chi connectivity index (χ2v) is 8.72. The molecule has 27 heavy (non-hydrogen) atoms. The Balaban J connectivity index is 1.50. The van der Waals surface area contributed by atoms with Gasteiger partial charge in [0, 0.05) is 5.69 Å². The first kappa shape index (κ1) is 18.3. The third-order valence-electron chi connectivity index (χ3n) is 5.28. The van der Waals surface area contributed by atoms with Crippen molar-refractivity contribution in [2.24, 2.45) is 0 Å². The molecule has 1 aliphatic heterocycles. The topological polar surface area (TPSA) is 52.6 Å². The first-order valence-corrected chi connectivity index (χ1v) is 9.76. The van der Waals surface area contributed by atoms with Crippen LogP contribution < -0.4 is 15.5 Å². The number of nitrogens with zero attached hydrogens (tertiary/aromatic N) is 1. The quantitative estimate of drug-likeness (QED) is 0.680. The molecule has 1 saturated heterocycles. The van der Waals surface area contributed by atoms with E-state index in [2.05, 4.69) is 38.0 Å². The summed E-state index contributed by atoms with van der Waals surface area (Å²) < 4.78 is 18.6. The fraction of sp³-hybridized carbons (Fsp3) is 0.350. The van der Waals surface area contributed by atoms with Gasteiger partial charge >= 0.3 is 7.12 Å². The number of rotatable bonds is 4. The Morgan fingerprint density at radius 1 is 1.00 bits per heavy atom. The van der Waals surface area contributed by atoms with Crippen LogP contribution in [0.3, 0.4) is 0 Å². The van der Waals surface area contributed by atoms with Crippen LogP contribution in [-0.4, -0.2) is 30.4 Å². The molecule has 5 nitrogen and oxygen atoms in total. The molecule has 2 heterocycles. The summed E-state index contributed by atoms with van der Waals surface area (Å²) in [4.78, 5) is 4.62. The summed E-state index contributed by atoms with van der Waals surface area (Å²) in [6.45, 7) is 8.24. The zero-order valence-electron chi connectivity index (χ0n) is 16.2. The van der Waals surface area contributed by atoms with Crippen LogP contribution in [0.2, 0.25) is 0 Å². The van der Waals surface area contributed by atoms with E-state index in [9.17, 15) is 0 Å². The molecule has 0 radical (unpaired) electrons.